The van der Waals surface area contributed by atoms with E-state index in [4.69, 9.17) is 9.47 Å². The Bertz CT molecular complexity index is 677. The molecule has 0 radical (unpaired) electrons. The molecule has 1 aromatic carbocycles. The molecule has 24 heavy (non-hydrogen) atoms. The molecular formula is C17H20BrNO5. The molecule has 0 saturated carbocycles. The molecule has 3 rings (SSSR count). The van der Waals surface area contributed by atoms with Gasteiger partial charge in [0.25, 0.3) is 0 Å². The lowest BCUT2D eigenvalue weighted by Gasteiger charge is -2.37. The lowest BCUT2D eigenvalue weighted by Crippen LogP contribution is -2.48. The Balaban J connectivity index is 1.74. The first-order chi connectivity index (χ1) is 11.4. The Hall–Kier alpha value is -1.76. The Labute approximate surface area is 148 Å². The summed E-state index contributed by atoms with van der Waals surface area (Å²) >= 11 is 3.47. The van der Waals surface area contributed by atoms with E-state index < -0.39 is 11.4 Å². The van der Waals surface area contributed by atoms with Gasteiger partial charge in [0.05, 0.1) is 11.8 Å². The molecule has 0 aromatic heterocycles. The quantitative estimate of drug-likeness (QED) is 0.847. The number of carbonyl (C=O) groups is 2. The maximum absolute atomic E-state index is 12.6. The van der Waals surface area contributed by atoms with E-state index in [9.17, 15) is 14.7 Å². The van der Waals surface area contributed by atoms with Gasteiger partial charge in [0.1, 0.15) is 13.2 Å². The van der Waals surface area contributed by atoms with Gasteiger partial charge in [0.2, 0.25) is 5.91 Å². The number of carbonyl (C=O) groups excluding carboxylic acids is 1. The molecular weight excluding hydrogens is 378 g/mol. The second-order valence-corrected chi connectivity index (χ2v) is 7.40. The Morgan fingerprint density at radius 2 is 1.96 bits per heavy atom. The van der Waals surface area contributed by atoms with E-state index in [2.05, 4.69) is 15.9 Å². The molecule has 1 atom stereocenters. The first-order valence-corrected chi connectivity index (χ1v) is 8.77. The number of benzene rings is 1. The van der Waals surface area contributed by atoms with Crippen molar-refractivity contribution < 1.29 is 24.2 Å². The second-order valence-electron chi connectivity index (χ2n) is 6.55. The minimum Gasteiger partial charge on any atom is -0.486 e. The zero-order chi connectivity index (χ0) is 17.3. The first-order valence-electron chi connectivity index (χ1n) is 7.98. The molecule has 0 bridgehead atoms. The minimum atomic E-state index is -0.863. The van der Waals surface area contributed by atoms with Crippen molar-refractivity contribution >= 4 is 27.8 Å². The van der Waals surface area contributed by atoms with Crippen molar-refractivity contribution in [1.29, 1.82) is 0 Å². The molecule has 1 aromatic rings. The van der Waals surface area contributed by atoms with Crippen LogP contribution in [0.2, 0.25) is 0 Å². The number of rotatable bonds is 3. The van der Waals surface area contributed by atoms with Gasteiger partial charge in [-0.1, -0.05) is 15.9 Å². The van der Waals surface area contributed by atoms with Crippen LogP contribution in [-0.2, 0) is 16.0 Å². The maximum Gasteiger partial charge on any atom is 0.311 e. The van der Waals surface area contributed by atoms with Crippen LogP contribution in [0.1, 0.15) is 25.3 Å². The van der Waals surface area contributed by atoms with E-state index in [1.54, 1.807) is 11.8 Å². The van der Waals surface area contributed by atoms with Gasteiger partial charge in [-0.3, -0.25) is 9.59 Å². The fraction of sp³-hybridized carbons (Fsp3) is 0.529. The highest BCUT2D eigenvalue weighted by Gasteiger charge is 2.39. The zero-order valence-corrected chi connectivity index (χ0v) is 15.1. The van der Waals surface area contributed by atoms with Gasteiger partial charge in [-0.15, -0.1) is 0 Å². The van der Waals surface area contributed by atoms with Crippen LogP contribution < -0.4 is 9.47 Å². The summed E-state index contributed by atoms with van der Waals surface area (Å²) in [4.78, 5) is 25.7. The largest absolute Gasteiger partial charge is 0.486 e. The molecule has 1 amide bonds. The van der Waals surface area contributed by atoms with Crippen molar-refractivity contribution in [1.82, 2.24) is 4.90 Å². The molecule has 1 unspecified atom stereocenters. The van der Waals surface area contributed by atoms with Crippen LogP contribution in [0.5, 0.6) is 11.5 Å². The smallest absolute Gasteiger partial charge is 0.311 e. The minimum absolute atomic E-state index is 0.0699. The summed E-state index contributed by atoms with van der Waals surface area (Å²) in [5, 5.41) is 9.39. The predicted molar refractivity (Wildman–Crippen MR) is 90.4 cm³/mol. The van der Waals surface area contributed by atoms with E-state index in [-0.39, 0.29) is 18.9 Å². The number of halogens is 1. The van der Waals surface area contributed by atoms with Gasteiger partial charge in [0, 0.05) is 17.6 Å². The van der Waals surface area contributed by atoms with Crippen LogP contribution in [0, 0.1) is 5.41 Å². The Morgan fingerprint density at radius 3 is 2.62 bits per heavy atom. The summed E-state index contributed by atoms with van der Waals surface area (Å²) in [6.07, 6.45) is 1.50. The first kappa shape index (κ1) is 17.1. The summed E-state index contributed by atoms with van der Waals surface area (Å²) in [7, 11) is 0. The van der Waals surface area contributed by atoms with Crippen molar-refractivity contribution in [2.24, 2.45) is 5.41 Å². The van der Waals surface area contributed by atoms with Crippen molar-refractivity contribution in [3.63, 3.8) is 0 Å². The third kappa shape index (κ3) is 3.36. The van der Waals surface area contributed by atoms with Crippen LogP contribution in [0.4, 0.5) is 0 Å². The van der Waals surface area contributed by atoms with Gasteiger partial charge in [-0.25, -0.2) is 0 Å². The molecule has 0 aliphatic carbocycles. The molecule has 130 valence electrons. The maximum atomic E-state index is 12.6. The van der Waals surface area contributed by atoms with Gasteiger partial charge < -0.3 is 19.5 Å². The molecule has 7 heteroatoms. The number of nitrogens with zero attached hydrogens (tertiary/aromatic N) is 1. The Kier molecular flexibility index (Phi) is 4.71. The lowest BCUT2D eigenvalue weighted by atomic mass is 9.82. The molecule has 2 aliphatic rings. The van der Waals surface area contributed by atoms with Crippen LogP contribution in [0.15, 0.2) is 16.6 Å². The fourth-order valence-corrected chi connectivity index (χ4v) is 3.61. The SMILES string of the molecule is CC1(C(=O)O)CCCN(C(=O)Cc2cc3c(cc2Br)OCCO3)C1. The number of likely N-dealkylation sites (tertiary alicyclic amines) is 1. The zero-order valence-electron chi connectivity index (χ0n) is 13.5. The lowest BCUT2D eigenvalue weighted by molar-refractivity contribution is -0.153. The predicted octanol–water partition coefficient (Wildman–Crippen LogP) is 2.48. The number of ether oxygens (including phenoxy) is 2. The third-order valence-corrected chi connectivity index (χ3v) is 5.36. The van der Waals surface area contributed by atoms with Crippen LogP contribution in [-0.4, -0.2) is 48.2 Å². The van der Waals surface area contributed by atoms with Crippen molar-refractivity contribution in [2.75, 3.05) is 26.3 Å². The average molecular weight is 398 g/mol. The molecule has 2 aliphatic heterocycles. The fourth-order valence-electron chi connectivity index (χ4n) is 3.14. The molecule has 1 N–H and O–H groups in total. The van der Waals surface area contributed by atoms with E-state index in [1.165, 1.54) is 0 Å². The van der Waals surface area contributed by atoms with Crippen molar-refractivity contribution in [3.8, 4) is 11.5 Å². The summed E-state index contributed by atoms with van der Waals surface area (Å²) in [5.41, 5.74) is -0.0512. The van der Waals surface area contributed by atoms with Crippen molar-refractivity contribution in [3.05, 3.63) is 22.2 Å². The number of piperidine rings is 1. The molecule has 2 heterocycles. The number of hydrogen-bond acceptors (Lipinski definition) is 4. The number of amides is 1. The summed E-state index contributed by atoms with van der Waals surface area (Å²) in [5.74, 6) is 0.391. The standard InChI is InChI=1S/C17H20BrNO5/c1-17(16(21)22)3-2-4-19(10-17)15(20)8-11-7-13-14(9-12(11)18)24-6-5-23-13/h7,9H,2-6,8,10H2,1H3,(H,21,22). The molecule has 6 nitrogen and oxygen atoms in total. The van der Waals surface area contributed by atoms with E-state index in [1.807, 2.05) is 12.1 Å². The number of hydrogen-bond donors (Lipinski definition) is 1. The van der Waals surface area contributed by atoms with Gasteiger partial charge in [-0.2, -0.15) is 0 Å². The summed E-state index contributed by atoms with van der Waals surface area (Å²) < 4.78 is 11.9. The van der Waals surface area contributed by atoms with Gasteiger partial charge >= 0.3 is 5.97 Å². The highest BCUT2D eigenvalue weighted by atomic mass is 79.9. The average Bonchev–Trinajstić information content (AvgIpc) is 2.55. The normalized spacial score (nSPS) is 23.0. The van der Waals surface area contributed by atoms with E-state index >= 15 is 0 Å². The molecule has 1 saturated heterocycles. The highest BCUT2D eigenvalue weighted by Crippen LogP contribution is 2.36. The van der Waals surface area contributed by atoms with Gasteiger partial charge in [-0.05, 0) is 37.5 Å². The molecule has 0 spiro atoms. The summed E-state index contributed by atoms with van der Waals surface area (Å²) in [6.45, 7) is 3.56. The number of fused-ring (bicyclic) bond motifs is 1. The Morgan fingerprint density at radius 1 is 1.29 bits per heavy atom. The number of aliphatic carboxylic acids is 1. The van der Waals surface area contributed by atoms with Crippen LogP contribution in [0.3, 0.4) is 0 Å². The van der Waals surface area contributed by atoms with E-state index in [0.717, 1.165) is 10.0 Å². The third-order valence-electron chi connectivity index (χ3n) is 4.62. The van der Waals surface area contributed by atoms with E-state index in [0.29, 0.717) is 44.1 Å². The topological polar surface area (TPSA) is 76.1 Å². The van der Waals surface area contributed by atoms with Crippen LogP contribution >= 0.6 is 15.9 Å². The number of carboxylic acid groups (broad SMARTS) is 1. The molecule has 1 fully saturated rings. The van der Waals surface area contributed by atoms with Gasteiger partial charge in [0.15, 0.2) is 11.5 Å². The van der Waals surface area contributed by atoms with Crippen LogP contribution in [0.25, 0.3) is 0 Å². The highest BCUT2D eigenvalue weighted by molar-refractivity contribution is 9.10. The van der Waals surface area contributed by atoms with Crippen molar-refractivity contribution in [2.45, 2.75) is 26.2 Å². The monoisotopic (exact) mass is 397 g/mol. The second kappa shape index (κ2) is 6.63. The number of carboxylic acids is 1. The summed E-state index contributed by atoms with van der Waals surface area (Å²) in [6, 6.07) is 3.63.